The Morgan fingerprint density at radius 1 is 1.19 bits per heavy atom. The second kappa shape index (κ2) is 4.59. The second-order valence-corrected chi connectivity index (χ2v) is 7.40. The number of ether oxygens (including phenoxy) is 1. The predicted octanol–water partition coefficient (Wildman–Crippen LogP) is 4.12. The van der Waals surface area contributed by atoms with E-state index in [9.17, 15) is 4.79 Å². The molecule has 1 aromatic carbocycles. The Labute approximate surface area is 126 Å². The number of benzene rings is 1. The van der Waals surface area contributed by atoms with Crippen LogP contribution in [0, 0.1) is 17.3 Å². The van der Waals surface area contributed by atoms with Crippen LogP contribution in [-0.2, 0) is 11.2 Å². The molecule has 21 heavy (non-hydrogen) atoms. The van der Waals surface area contributed by atoms with Crippen LogP contribution in [0.4, 0.5) is 0 Å². The maximum absolute atomic E-state index is 12.3. The van der Waals surface area contributed by atoms with Gasteiger partial charge in [0, 0.05) is 11.8 Å². The second-order valence-electron chi connectivity index (χ2n) is 7.40. The molecule has 0 N–H and O–H groups in total. The Balaban J connectivity index is 1.70. The summed E-state index contributed by atoms with van der Waals surface area (Å²) in [6.45, 7) is 2.24. The number of carbonyl (C=O) groups is 1. The zero-order chi connectivity index (χ0) is 14.6. The van der Waals surface area contributed by atoms with E-state index in [1.807, 2.05) is 0 Å². The number of aryl methyl sites for hydroxylation is 1. The van der Waals surface area contributed by atoms with E-state index in [2.05, 4.69) is 25.1 Å². The minimum Gasteiger partial charge on any atom is -0.497 e. The molecular weight excluding hydrogens is 260 g/mol. The van der Waals surface area contributed by atoms with Crippen molar-refractivity contribution in [2.24, 2.45) is 17.3 Å². The van der Waals surface area contributed by atoms with E-state index in [0.29, 0.717) is 17.6 Å². The van der Waals surface area contributed by atoms with Crippen molar-refractivity contribution in [3.05, 3.63) is 29.3 Å². The fourth-order valence-electron chi connectivity index (χ4n) is 5.46. The minimum atomic E-state index is -0.00879. The quantitative estimate of drug-likeness (QED) is 0.775. The van der Waals surface area contributed by atoms with Gasteiger partial charge in [0.1, 0.15) is 11.5 Å². The highest BCUT2D eigenvalue weighted by Crippen LogP contribution is 2.59. The zero-order valence-corrected chi connectivity index (χ0v) is 13.0. The molecule has 0 aromatic heterocycles. The van der Waals surface area contributed by atoms with E-state index in [-0.39, 0.29) is 5.41 Å². The third-order valence-corrected chi connectivity index (χ3v) is 6.64. The predicted molar refractivity (Wildman–Crippen MR) is 82.6 cm³/mol. The van der Waals surface area contributed by atoms with Gasteiger partial charge in [-0.05, 0) is 73.1 Å². The van der Waals surface area contributed by atoms with E-state index in [4.69, 9.17) is 4.74 Å². The van der Waals surface area contributed by atoms with Gasteiger partial charge in [-0.2, -0.15) is 0 Å². The molecule has 0 saturated heterocycles. The summed E-state index contributed by atoms with van der Waals surface area (Å²) in [5.41, 5.74) is 3.00. The van der Waals surface area contributed by atoms with Gasteiger partial charge in [-0.25, -0.2) is 0 Å². The maximum atomic E-state index is 12.3. The highest BCUT2D eigenvalue weighted by atomic mass is 16.5. The molecule has 4 atom stereocenters. The van der Waals surface area contributed by atoms with Crippen LogP contribution >= 0.6 is 0 Å². The lowest BCUT2D eigenvalue weighted by atomic mass is 9.55. The van der Waals surface area contributed by atoms with Crippen LogP contribution in [0.15, 0.2) is 18.2 Å². The number of ketones is 1. The maximum Gasteiger partial charge on any atom is 0.139 e. The molecule has 3 aliphatic carbocycles. The van der Waals surface area contributed by atoms with E-state index >= 15 is 0 Å². The van der Waals surface area contributed by atoms with Gasteiger partial charge in [0.25, 0.3) is 0 Å². The first-order chi connectivity index (χ1) is 10.1. The summed E-state index contributed by atoms with van der Waals surface area (Å²) in [5.74, 6) is 3.52. The Morgan fingerprint density at radius 3 is 2.86 bits per heavy atom. The number of rotatable bonds is 1. The van der Waals surface area contributed by atoms with Crippen LogP contribution in [0.2, 0.25) is 0 Å². The van der Waals surface area contributed by atoms with E-state index in [0.717, 1.165) is 37.4 Å². The van der Waals surface area contributed by atoms with Crippen molar-refractivity contribution >= 4 is 5.78 Å². The number of Topliss-reactive ketones (excluding diaryl/α,β-unsaturated/α-hetero) is 1. The first-order valence-electron chi connectivity index (χ1n) is 8.33. The van der Waals surface area contributed by atoms with Gasteiger partial charge in [0.2, 0.25) is 0 Å². The number of hydrogen-bond donors (Lipinski definition) is 0. The Bertz CT molecular complexity index is 591. The van der Waals surface area contributed by atoms with Crippen molar-refractivity contribution in [3.8, 4) is 5.75 Å². The largest absolute Gasteiger partial charge is 0.497 e. The highest BCUT2D eigenvalue weighted by Gasteiger charge is 2.54. The van der Waals surface area contributed by atoms with Crippen molar-refractivity contribution in [1.29, 1.82) is 0 Å². The molecule has 3 aliphatic rings. The first-order valence-corrected chi connectivity index (χ1v) is 8.33. The lowest BCUT2D eigenvalue weighted by Gasteiger charge is -2.48. The molecule has 0 aliphatic heterocycles. The number of carbonyl (C=O) groups excluding carboxylic acids is 1. The molecule has 4 rings (SSSR count). The molecule has 0 radical (unpaired) electrons. The van der Waals surface area contributed by atoms with E-state index in [1.54, 1.807) is 7.11 Å². The summed E-state index contributed by atoms with van der Waals surface area (Å²) in [6.07, 6.45) is 6.61. The van der Waals surface area contributed by atoms with Crippen molar-refractivity contribution in [1.82, 2.24) is 0 Å². The average molecular weight is 284 g/mol. The first kappa shape index (κ1) is 13.4. The van der Waals surface area contributed by atoms with E-state index in [1.165, 1.54) is 24.0 Å². The summed E-state index contributed by atoms with van der Waals surface area (Å²) in [7, 11) is 1.74. The summed E-state index contributed by atoms with van der Waals surface area (Å²) in [4.78, 5) is 12.3. The summed E-state index contributed by atoms with van der Waals surface area (Å²) in [6, 6.07) is 6.61. The monoisotopic (exact) mass is 284 g/mol. The van der Waals surface area contributed by atoms with Crippen LogP contribution in [-0.4, -0.2) is 12.9 Å². The van der Waals surface area contributed by atoms with Gasteiger partial charge < -0.3 is 4.74 Å². The minimum absolute atomic E-state index is 0.00879. The molecule has 1 aromatic rings. The lowest BCUT2D eigenvalue weighted by Crippen LogP contribution is -2.42. The standard InChI is InChI=1S/C19H24O2/c1-19-10-9-15-14-6-4-13(21-2)11-12(14)3-5-16(15)17(19)7-8-18(19)20/h4,6,11,15-17H,3,5,7-10H2,1-2H3/t15?,16?,17?,19-/m1/s1. The van der Waals surface area contributed by atoms with Crippen LogP contribution in [0.3, 0.4) is 0 Å². The molecule has 2 nitrogen and oxygen atoms in total. The van der Waals surface area contributed by atoms with Crippen molar-refractivity contribution < 1.29 is 9.53 Å². The number of fused-ring (bicyclic) bond motifs is 5. The molecule has 2 fully saturated rings. The summed E-state index contributed by atoms with van der Waals surface area (Å²) >= 11 is 0. The summed E-state index contributed by atoms with van der Waals surface area (Å²) in [5, 5.41) is 0. The van der Waals surface area contributed by atoms with Gasteiger partial charge in [-0.3, -0.25) is 4.79 Å². The zero-order valence-electron chi connectivity index (χ0n) is 13.0. The van der Waals surface area contributed by atoms with Crippen LogP contribution < -0.4 is 4.74 Å². The van der Waals surface area contributed by atoms with Gasteiger partial charge in [-0.1, -0.05) is 13.0 Å². The Hall–Kier alpha value is -1.31. The molecule has 3 unspecified atom stereocenters. The Morgan fingerprint density at radius 2 is 2.05 bits per heavy atom. The van der Waals surface area contributed by atoms with Crippen molar-refractivity contribution in [2.75, 3.05) is 7.11 Å². The highest BCUT2D eigenvalue weighted by molar-refractivity contribution is 5.87. The molecule has 0 heterocycles. The van der Waals surface area contributed by atoms with E-state index < -0.39 is 0 Å². The molecule has 112 valence electrons. The molecule has 2 heteroatoms. The molecule has 2 saturated carbocycles. The molecular formula is C19H24O2. The molecule has 0 spiro atoms. The summed E-state index contributed by atoms with van der Waals surface area (Å²) < 4.78 is 5.37. The van der Waals surface area contributed by atoms with Crippen LogP contribution in [0.1, 0.15) is 56.1 Å². The van der Waals surface area contributed by atoms with Crippen LogP contribution in [0.25, 0.3) is 0 Å². The fraction of sp³-hybridized carbons (Fsp3) is 0.632. The fourth-order valence-corrected chi connectivity index (χ4v) is 5.46. The third kappa shape index (κ3) is 1.81. The van der Waals surface area contributed by atoms with Gasteiger partial charge >= 0.3 is 0 Å². The number of hydrogen-bond acceptors (Lipinski definition) is 2. The number of methoxy groups -OCH3 is 1. The SMILES string of the molecule is COc1ccc2c(c1)CCC1C2CC[C@@]2(C)C(=O)CCC12. The average Bonchev–Trinajstić information content (AvgIpc) is 2.82. The van der Waals surface area contributed by atoms with Crippen molar-refractivity contribution in [3.63, 3.8) is 0 Å². The topological polar surface area (TPSA) is 26.3 Å². The normalized spacial score (nSPS) is 37.6. The lowest BCUT2D eigenvalue weighted by molar-refractivity contribution is -0.129. The molecule has 0 amide bonds. The van der Waals surface area contributed by atoms with Gasteiger partial charge in [-0.15, -0.1) is 0 Å². The molecule has 0 bridgehead atoms. The Kier molecular flexibility index (Phi) is 2.92. The van der Waals surface area contributed by atoms with Crippen molar-refractivity contribution in [2.45, 2.75) is 51.4 Å². The third-order valence-electron chi connectivity index (χ3n) is 6.64. The smallest absolute Gasteiger partial charge is 0.139 e. The van der Waals surface area contributed by atoms with Gasteiger partial charge in [0.15, 0.2) is 0 Å². The van der Waals surface area contributed by atoms with Gasteiger partial charge in [0.05, 0.1) is 7.11 Å². The van der Waals surface area contributed by atoms with Crippen LogP contribution in [0.5, 0.6) is 5.75 Å².